The van der Waals surface area contributed by atoms with Crippen molar-refractivity contribution in [2.45, 2.75) is 64.3 Å². The van der Waals surface area contributed by atoms with Crippen molar-refractivity contribution in [3.05, 3.63) is 53.1 Å². The third-order valence-corrected chi connectivity index (χ3v) is 8.82. The molecule has 3 aliphatic heterocycles. The number of hydrogen-bond acceptors (Lipinski definition) is 6. The molecule has 0 aliphatic carbocycles. The zero-order chi connectivity index (χ0) is 28.8. The van der Waals surface area contributed by atoms with E-state index in [0.717, 1.165) is 5.56 Å². The lowest BCUT2D eigenvalue weighted by molar-refractivity contribution is -0.144. The molecule has 214 valence electrons. The molecule has 0 saturated carbocycles. The van der Waals surface area contributed by atoms with Crippen LogP contribution < -0.4 is 15.4 Å². The third kappa shape index (κ3) is 4.63. The number of amides is 3. The van der Waals surface area contributed by atoms with E-state index in [0.29, 0.717) is 41.6 Å². The Morgan fingerprint density at radius 2 is 1.90 bits per heavy atom. The standard InChI is InChI=1S/C30H36ClN3O6/c1-5-39-19-11-9-18(10-12-19)32-27(36)23-22-13-14-30(40-22)24(23)29(38)34(21(15-35)16(2)3)26(30)28(37)33-25-17(4)7-6-8-20(25)31/h6-12,16,21-24,26,35H,5,13-15H2,1-4H3,(H,32,36)(H,33,37)/t21-,22-,23+,24-,26?,30?/m0/s1. The van der Waals surface area contributed by atoms with Gasteiger partial charge in [-0.15, -0.1) is 0 Å². The van der Waals surface area contributed by atoms with Gasteiger partial charge in [-0.25, -0.2) is 0 Å². The number of carbonyl (C=O) groups excluding carboxylic acids is 3. The molecule has 2 bridgehead atoms. The number of aryl methyl sites for hydroxylation is 1. The van der Waals surface area contributed by atoms with Gasteiger partial charge < -0.3 is 30.1 Å². The van der Waals surface area contributed by atoms with Crippen molar-refractivity contribution in [3.63, 3.8) is 0 Å². The number of anilines is 2. The van der Waals surface area contributed by atoms with E-state index < -0.39 is 41.5 Å². The molecular formula is C30H36ClN3O6. The molecule has 3 fully saturated rings. The minimum Gasteiger partial charge on any atom is -0.494 e. The maximum atomic E-state index is 14.2. The zero-order valence-electron chi connectivity index (χ0n) is 23.1. The highest BCUT2D eigenvalue weighted by atomic mass is 35.5. The minimum atomic E-state index is -1.19. The first-order valence-electron chi connectivity index (χ1n) is 13.8. The Morgan fingerprint density at radius 3 is 2.52 bits per heavy atom. The molecule has 2 unspecified atom stereocenters. The molecule has 40 heavy (non-hydrogen) atoms. The van der Waals surface area contributed by atoms with E-state index in [1.54, 1.807) is 36.4 Å². The highest BCUT2D eigenvalue weighted by Crippen LogP contribution is 2.59. The maximum absolute atomic E-state index is 14.2. The van der Waals surface area contributed by atoms with Crippen molar-refractivity contribution in [2.24, 2.45) is 17.8 Å². The summed E-state index contributed by atoms with van der Waals surface area (Å²) in [7, 11) is 0. The number of ether oxygens (including phenoxy) is 2. The van der Waals surface area contributed by atoms with Gasteiger partial charge in [0.25, 0.3) is 0 Å². The van der Waals surface area contributed by atoms with Crippen molar-refractivity contribution in [1.82, 2.24) is 4.90 Å². The number of hydrogen-bond donors (Lipinski definition) is 3. The van der Waals surface area contributed by atoms with Crippen LogP contribution in [0.5, 0.6) is 5.75 Å². The predicted molar refractivity (Wildman–Crippen MR) is 151 cm³/mol. The Balaban J connectivity index is 1.49. The van der Waals surface area contributed by atoms with Crippen molar-refractivity contribution in [2.75, 3.05) is 23.8 Å². The van der Waals surface area contributed by atoms with Crippen LogP contribution in [0.3, 0.4) is 0 Å². The molecule has 3 heterocycles. The normalized spacial score (nSPS) is 27.6. The molecule has 0 aromatic heterocycles. The number of halogens is 1. The average molecular weight is 570 g/mol. The second-order valence-electron chi connectivity index (χ2n) is 11.2. The molecule has 2 aromatic carbocycles. The summed E-state index contributed by atoms with van der Waals surface area (Å²) in [6.45, 7) is 7.72. The molecule has 6 atom stereocenters. The molecule has 1 spiro atoms. The van der Waals surface area contributed by atoms with Crippen LogP contribution in [0.1, 0.15) is 39.2 Å². The van der Waals surface area contributed by atoms with Gasteiger partial charge in [-0.2, -0.15) is 0 Å². The summed E-state index contributed by atoms with van der Waals surface area (Å²) >= 11 is 6.42. The molecule has 9 nitrogen and oxygen atoms in total. The highest BCUT2D eigenvalue weighted by Gasteiger charge is 2.75. The van der Waals surface area contributed by atoms with E-state index in [-0.39, 0.29) is 24.3 Å². The van der Waals surface area contributed by atoms with E-state index in [9.17, 15) is 19.5 Å². The van der Waals surface area contributed by atoms with Gasteiger partial charge in [-0.05, 0) is 68.5 Å². The summed E-state index contributed by atoms with van der Waals surface area (Å²) in [5.41, 5.74) is 0.623. The van der Waals surface area contributed by atoms with E-state index in [4.69, 9.17) is 21.1 Å². The first kappa shape index (κ1) is 28.4. The van der Waals surface area contributed by atoms with Crippen LogP contribution in [-0.2, 0) is 19.1 Å². The second-order valence-corrected chi connectivity index (χ2v) is 11.6. The van der Waals surface area contributed by atoms with Crippen molar-refractivity contribution in [3.8, 4) is 5.75 Å². The molecular weight excluding hydrogens is 534 g/mol. The zero-order valence-corrected chi connectivity index (χ0v) is 23.9. The van der Waals surface area contributed by atoms with Crippen LogP contribution in [-0.4, -0.2) is 64.7 Å². The van der Waals surface area contributed by atoms with Crippen LogP contribution in [0.2, 0.25) is 5.02 Å². The van der Waals surface area contributed by atoms with E-state index in [1.807, 2.05) is 33.8 Å². The van der Waals surface area contributed by atoms with Crippen LogP contribution in [0.15, 0.2) is 42.5 Å². The molecule has 3 saturated heterocycles. The third-order valence-electron chi connectivity index (χ3n) is 8.51. The number of carbonyl (C=O) groups is 3. The monoisotopic (exact) mass is 569 g/mol. The number of benzene rings is 2. The lowest BCUT2D eigenvalue weighted by Gasteiger charge is -2.38. The van der Waals surface area contributed by atoms with E-state index >= 15 is 0 Å². The summed E-state index contributed by atoms with van der Waals surface area (Å²) in [5, 5.41) is 16.6. The number of para-hydroxylation sites is 1. The molecule has 3 aliphatic rings. The van der Waals surface area contributed by atoms with Gasteiger partial charge in [0.15, 0.2) is 0 Å². The largest absolute Gasteiger partial charge is 0.494 e. The van der Waals surface area contributed by atoms with Gasteiger partial charge in [0.1, 0.15) is 17.4 Å². The van der Waals surface area contributed by atoms with Gasteiger partial charge in [0.2, 0.25) is 17.7 Å². The number of nitrogens with one attached hydrogen (secondary N) is 2. The van der Waals surface area contributed by atoms with Crippen molar-refractivity contribution in [1.29, 1.82) is 0 Å². The molecule has 10 heteroatoms. The van der Waals surface area contributed by atoms with Gasteiger partial charge in [0, 0.05) is 5.69 Å². The Kier molecular flexibility index (Phi) is 7.83. The molecule has 3 amide bonds. The Hall–Kier alpha value is -3.14. The number of nitrogens with zero attached hydrogens (tertiary/aromatic N) is 1. The summed E-state index contributed by atoms with van der Waals surface area (Å²) in [6, 6.07) is 10.7. The van der Waals surface area contributed by atoms with Crippen LogP contribution >= 0.6 is 11.6 Å². The number of rotatable bonds is 9. The lowest BCUT2D eigenvalue weighted by Crippen LogP contribution is -2.57. The van der Waals surface area contributed by atoms with Gasteiger partial charge >= 0.3 is 0 Å². The molecule has 0 radical (unpaired) electrons. The number of aliphatic hydroxyl groups is 1. The van der Waals surface area contributed by atoms with Crippen LogP contribution in [0.4, 0.5) is 11.4 Å². The Morgan fingerprint density at radius 1 is 1.18 bits per heavy atom. The van der Waals surface area contributed by atoms with Crippen LogP contribution in [0.25, 0.3) is 0 Å². The average Bonchev–Trinajstić information content (AvgIpc) is 3.55. The fraction of sp³-hybridized carbons (Fsp3) is 0.500. The molecule has 2 aromatic rings. The van der Waals surface area contributed by atoms with Gasteiger partial charge in [-0.1, -0.05) is 37.6 Å². The number of likely N-dealkylation sites (tertiary alicyclic amines) is 1. The van der Waals surface area contributed by atoms with Gasteiger partial charge in [0.05, 0.1) is 47.9 Å². The SMILES string of the molecule is CCOc1ccc(NC(=O)[C@@H]2[C@@H]3CCC4(O3)C(C(=O)Nc3c(C)cccc3Cl)N([C@@H](CO)C(C)C)C(=O)[C@H]24)cc1. The van der Waals surface area contributed by atoms with Crippen molar-refractivity contribution < 1.29 is 29.0 Å². The number of fused-ring (bicyclic) bond motifs is 1. The molecule has 3 N–H and O–H groups in total. The minimum absolute atomic E-state index is 0.144. The van der Waals surface area contributed by atoms with Crippen molar-refractivity contribution >= 4 is 40.7 Å². The topological polar surface area (TPSA) is 117 Å². The lowest BCUT2D eigenvalue weighted by atomic mass is 9.70. The second kappa shape index (κ2) is 11.0. The quantitative estimate of drug-likeness (QED) is 0.420. The van der Waals surface area contributed by atoms with E-state index in [1.165, 1.54) is 4.90 Å². The molecule has 5 rings (SSSR count). The van der Waals surface area contributed by atoms with E-state index in [2.05, 4.69) is 10.6 Å². The predicted octanol–water partition coefficient (Wildman–Crippen LogP) is 4.02. The summed E-state index contributed by atoms with van der Waals surface area (Å²) in [6.07, 6.45) is 0.495. The Labute approximate surface area is 239 Å². The van der Waals surface area contributed by atoms with Gasteiger partial charge in [-0.3, -0.25) is 14.4 Å². The Bertz CT molecular complexity index is 1280. The smallest absolute Gasteiger partial charge is 0.250 e. The highest BCUT2D eigenvalue weighted by molar-refractivity contribution is 6.34. The summed E-state index contributed by atoms with van der Waals surface area (Å²) in [4.78, 5) is 43.4. The van der Waals surface area contributed by atoms with Crippen LogP contribution in [0, 0.1) is 24.7 Å². The first-order valence-corrected chi connectivity index (χ1v) is 14.2. The number of aliphatic hydroxyl groups excluding tert-OH is 1. The summed E-state index contributed by atoms with van der Waals surface area (Å²) in [5.74, 6) is -2.21. The fourth-order valence-electron chi connectivity index (χ4n) is 6.68. The summed E-state index contributed by atoms with van der Waals surface area (Å²) < 4.78 is 12.0. The maximum Gasteiger partial charge on any atom is 0.250 e. The first-order chi connectivity index (χ1) is 19.1. The fourth-order valence-corrected chi connectivity index (χ4v) is 6.95.